The highest BCUT2D eigenvalue weighted by molar-refractivity contribution is 9.12. The Hall–Kier alpha value is -1.87. The van der Waals surface area contributed by atoms with Crippen molar-refractivity contribution in [3.8, 4) is 5.75 Å². The summed E-state index contributed by atoms with van der Waals surface area (Å²) in [7, 11) is 0. The molecular formula is C19H17BrO2. The van der Waals surface area contributed by atoms with Gasteiger partial charge in [0.05, 0.1) is 4.48 Å². The lowest BCUT2D eigenvalue weighted by molar-refractivity contribution is 0.104. The summed E-state index contributed by atoms with van der Waals surface area (Å²) in [5.41, 5.74) is 4.19. The molecule has 0 radical (unpaired) electrons. The molecule has 0 heterocycles. The van der Waals surface area contributed by atoms with E-state index in [4.69, 9.17) is 0 Å². The highest BCUT2D eigenvalue weighted by Crippen LogP contribution is 2.46. The summed E-state index contributed by atoms with van der Waals surface area (Å²) in [6.45, 7) is 6.25. The number of phenolic OH excluding ortho intramolecular Hbond substituents is 1. The third-order valence-electron chi connectivity index (χ3n) is 3.91. The third kappa shape index (κ3) is 2.30. The van der Waals surface area contributed by atoms with E-state index < -0.39 is 0 Å². The van der Waals surface area contributed by atoms with Crippen LogP contribution in [0.5, 0.6) is 5.75 Å². The first kappa shape index (κ1) is 15.0. The Morgan fingerprint density at radius 1 is 1.05 bits per heavy atom. The summed E-state index contributed by atoms with van der Waals surface area (Å²) in [5.74, 6) is 0.0573. The normalized spacial score (nSPS) is 14.5. The lowest BCUT2D eigenvalue weighted by Crippen LogP contribution is -2.15. The topological polar surface area (TPSA) is 37.3 Å². The summed E-state index contributed by atoms with van der Waals surface area (Å²) in [6, 6.07) is 13.2. The number of benzene rings is 2. The van der Waals surface area contributed by atoms with Crippen molar-refractivity contribution in [1.82, 2.24) is 0 Å². The minimum absolute atomic E-state index is 0.0738. The number of hydrogen-bond donors (Lipinski definition) is 1. The molecule has 3 heteroatoms. The van der Waals surface area contributed by atoms with Crippen LogP contribution >= 0.6 is 15.9 Å². The van der Waals surface area contributed by atoms with Crippen LogP contribution in [0, 0.1) is 0 Å². The minimum atomic E-state index is -0.180. The van der Waals surface area contributed by atoms with E-state index in [1.54, 1.807) is 12.1 Å². The molecule has 0 amide bonds. The number of fused-ring (bicyclic) bond motifs is 1. The number of rotatable bonds is 1. The molecule has 0 aromatic heterocycles. The quantitative estimate of drug-likeness (QED) is 0.776. The van der Waals surface area contributed by atoms with Gasteiger partial charge in [0.1, 0.15) is 5.75 Å². The Labute approximate surface area is 138 Å². The molecule has 1 aliphatic carbocycles. The van der Waals surface area contributed by atoms with Gasteiger partial charge < -0.3 is 5.11 Å². The first-order chi connectivity index (χ1) is 10.3. The summed E-state index contributed by atoms with van der Waals surface area (Å²) >= 11 is 3.46. The second-order valence-corrected chi connectivity index (χ2v) is 7.34. The number of carbonyl (C=O) groups is 1. The van der Waals surface area contributed by atoms with Crippen LogP contribution in [0.1, 0.15) is 47.8 Å². The van der Waals surface area contributed by atoms with Crippen molar-refractivity contribution >= 4 is 27.3 Å². The van der Waals surface area contributed by atoms with E-state index in [1.165, 1.54) is 0 Å². The van der Waals surface area contributed by atoms with E-state index in [0.29, 0.717) is 10.0 Å². The maximum Gasteiger partial charge on any atom is 0.201 e. The molecule has 0 fully saturated rings. The Morgan fingerprint density at radius 2 is 1.68 bits per heavy atom. The number of Topliss-reactive ketones (excluding diaryl/α,β-unsaturated/α-hetero) is 1. The van der Waals surface area contributed by atoms with E-state index in [2.05, 4.69) is 36.7 Å². The summed E-state index contributed by atoms with van der Waals surface area (Å²) in [4.78, 5) is 12.6. The Bertz CT molecular complexity index is 796. The molecule has 2 aromatic carbocycles. The van der Waals surface area contributed by atoms with Gasteiger partial charge in [-0.25, -0.2) is 0 Å². The van der Waals surface area contributed by atoms with Gasteiger partial charge in [0.25, 0.3) is 0 Å². The smallest absolute Gasteiger partial charge is 0.201 e. The van der Waals surface area contributed by atoms with Crippen LogP contribution in [0.3, 0.4) is 0 Å². The molecule has 0 spiro atoms. The van der Waals surface area contributed by atoms with Gasteiger partial charge in [0.2, 0.25) is 5.78 Å². The molecule has 22 heavy (non-hydrogen) atoms. The number of phenols is 1. The van der Waals surface area contributed by atoms with Crippen LogP contribution < -0.4 is 0 Å². The minimum Gasteiger partial charge on any atom is -0.508 e. The van der Waals surface area contributed by atoms with Crippen molar-refractivity contribution in [2.24, 2.45) is 0 Å². The molecule has 0 unspecified atom stereocenters. The van der Waals surface area contributed by atoms with Crippen molar-refractivity contribution in [3.05, 3.63) is 69.2 Å². The van der Waals surface area contributed by atoms with E-state index >= 15 is 0 Å². The molecule has 3 rings (SSSR count). The van der Waals surface area contributed by atoms with Crippen LogP contribution in [-0.2, 0) is 5.41 Å². The van der Waals surface area contributed by atoms with Gasteiger partial charge in [-0.3, -0.25) is 4.79 Å². The fraction of sp³-hybridized carbons (Fsp3) is 0.211. The van der Waals surface area contributed by atoms with Crippen LogP contribution in [-0.4, -0.2) is 10.9 Å². The van der Waals surface area contributed by atoms with Gasteiger partial charge in [-0.15, -0.1) is 0 Å². The Kier molecular flexibility index (Phi) is 3.48. The zero-order chi connectivity index (χ0) is 16.1. The van der Waals surface area contributed by atoms with E-state index in [9.17, 15) is 9.90 Å². The number of allylic oxidation sites excluding steroid dienone is 1. The lowest BCUT2D eigenvalue weighted by Gasteiger charge is -2.24. The van der Waals surface area contributed by atoms with Gasteiger partial charge in [-0.05, 0) is 50.2 Å². The number of ketones is 1. The van der Waals surface area contributed by atoms with Crippen molar-refractivity contribution in [1.29, 1.82) is 0 Å². The largest absolute Gasteiger partial charge is 0.508 e. The highest BCUT2D eigenvalue weighted by atomic mass is 79.9. The summed E-state index contributed by atoms with van der Waals surface area (Å²) < 4.78 is 0.560. The molecular weight excluding hydrogens is 340 g/mol. The van der Waals surface area contributed by atoms with Crippen LogP contribution in [0.15, 0.2) is 46.9 Å². The summed E-state index contributed by atoms with van der Waals surface area (Å²) in [6.07, 6.45) is 0. The van der Waals surface area contributed by atoms with E-state index in [1.807, 2.05) is 30.3 Å². The number of carbonyl (C=O) groups excluding carboxylic acids is 1. The van der Waals surface area contributed by atoms with Gasteiger partial charge in [0.15, 0.2) is 0 Å². The highest BCUT2D eigenvalue weighted by Gasteiger charge is 2.34. The van der Waals surface area contributed by atoms with Gasteiger partial charge >= 0.3 is 0 Å². The van der Waals surface area contributed by atoms with E-state index in [0.717, 1.165) is 22.3 Å². The SMILES string of the molecule is CC(C)(C)c1cc(O)cc2c1C(c1ccccc1)=C(Br)C2=O. The maximum absolute atomic E-state index is 12.6. The Morgan fingerprint density at radius 3 is 2.27 bits per heavy atom. The predicted octanol–water partition coefficient (Wildman–Crippen LogP) is 5.04. The van der Waals surface area contributed by atoms with Gasteiger partial charge in [-0.1, -0.05) is 51.1 Å². The zero-order valence-electron chi connectivity index (χ0n) is 12.8. The third-order valence-corrected chi connectivity index (χ3v) is 4.66. The standard InChI is InChI=1S/C19H17BrO2/c1-19(2,3)14-10-12(21)9-13-16(14)15(17(20)18(13)22)11-7-5-4-6-8-11/h4-10,21H,1-3H3. The molecule has 1 N–H and O–H groups in total. The number of hydrogen-bond acceptors (Lipinski definition) is 2. The monoisotopic (exact) mass is 356 g/mol. The predicted molar refractivity (Wildman–Crippen MR) is 92.5 cm³/mol. The Balaban J connectivity index is 2.37. The van der Waals surface area contributed by atoms with Gasteiger partial charge in [-0.2, -0.15) is 0 Å². The fourth-order valence-corrected chi connectivity index (χ4v) is 3.52. The molecule has 0 saturated heterocycles. The average Bonchev–Trinajstić information content (AvgIpc) is 2.71. The molecule has 112 valence electrons. The molecule has 1 aliphatic rings. The molecule has 0 saturated carbocycles. The van der Waals surface area contributed by atoms with Gasteiger partial charge in [0, 0.05) is 11.1 Å². The zero-order valence-corrected chi connectivity index (χ0v) is 14.4. The van der Waals surface area contributed by atoms with Crippen LogP contribution in [0.25, 0.3) is 5.57 Å². The van der Waals surface area contributed by atoms with Crippen molar-refractivity contribution in [2.45, 2.75) is 26.2 Å². The first-order valence-corrected chi connectivity index (χ1v) is 7.98. The molecule has 2 nitrogen and oxygen atoms in total. The summed E-state index contributed by atoms with van der Waals surface area (Å²) in [5, 5.41) is 10.0. The maximum atomic E-state index is 12.6. The van der Waals surface area contributed by atoms with Crippen molar-refractivity contribution in [3.63, 3.8) is 0 Å². The molecule has 2 aromatic rings. The molecule has 0 atom stereocenters. The average molecular weight is 357 g/mol. The van der Waals surface area contributed by atoms with Crippen molar-refractivity contribution in [2.75, 3.05) is 0 Å². The second kappa shape index (κ2) is 5.10. The molecule has 0 aliphatic heterocycles. The molecule has 0 bridgehead atoms. The van der Waals surface area contributed by atoms with Crippen molar-refractivity contribution < 1.29 is 9.90 Å². The fourth-order valence-electron chi connectivity index (χ4n) is 2.88. The number of aromatic hydroxyl groups is 1. The van der Waals surface area contributed by atoms with Crippen LogP contribution in [0.4, 0.5) is 0 Å². The van der Waals surface area contributed by atoms with E-state index in [-0.39, 0.29) is 16.9 Å². The number of halogens is 1. The lowest BCUT2D eigenvalue weighted by atomic mass is 9.80. The van der Waals surface area contributed by atoms with Crippen LogP contribution in [0.2, 0.25) is 0 Å². The first-order valence-electron chi connectivity index (χ1n) is 7.18. The second-order valence-electron chi connectivity index (χ2n) is 6.55.